The third-order valence-corrected chi connectivity index (χ3v) is 0. The Morgan fingerprint density at radius 1 is 0.400 bits per heavy atom. The molecule has 0 nitrogen and oxygen atoms in total. The molecule has 0 amide bonds. The fourth-order valence-corrected chi connectivity index (χ4v) is 0. The van der Waals surface area contributed by atoms with Crippen molar-refractivity contribution in [1.82, 2.24) is 0 Å². The molecular formula is Al2Co3. The van der Waals surface area contributed by atoms with Gasteiger partial charge in [0.25, 0.3) is 0 Å². The van der Waals surface area contributed by atoms with Crippen molar-refractivity contribution in [3.05, 3.63) is 0 Å². The van der Waals surface area contributed by atoms with Gasteiger partial charge < -0.3 is 34.7 Å². The van der Waals surface area contributed by atoms with Crippen LogP contribution < -0.4 is 0 Å². The summed E-state index contributed by atoms with van der Waals surface area (Å²) >= 11 is 0. The van der Waals surface area contributed by atoms with E-state index < -0.39 is 0 Å². The van der Waals surface area contributed by atoms with Crippen molar-refractivity contribution in [2.45, 2.75) is 0 Å². The van der Waals surface area contributed by atoms with E-state index in [0.29, 0.717) is 0 Å². The Hall–Kier alpha value is 2.58. The molecule has 0 bridgehead atoms. The average Bonchev–Trinajstić information content (AvgIpc) is 0. The predicted octanol–water partition coefficient (Wildman–Crippen LogP) is -0.769. The van der Waals surface area contributed by atoms with Gasteiger partial charge in [-0.3, -0.25) is 0 Å². The van der Waals surface area contributed by atoms with E-state index >= 15 is 0 Å². The van der Waals surface area contributed by atoms with Crippen LogP contribution in [0.15, 0.2) is 0 Å². The second-order valence-electron chi connectivity index (χ2n) is 0. The first kappa shape index (κ1) is 49.2. The average molecular weight is 231 g/mol. The maximum atomic E-state index is 0. The molecule has 7 radical (unpaired) electrons. The Morgan fingerprint density at radius 2 is 0.400 bits per heavy atom. The Bertz CT molecular complexity index is 4.85. The van der Waals surface area contributed by atoms with E-state index in [1.165, 1.54) is 0 Å². The Balaban J connectivity index is 0. The van der Waals surface area contributed by atoms with Crippen LogP contribution in [0.5, 0.6) is 0 Å². The van der Waals surface area contributed by atoms with Gasteiger partial charge in [0.05, 0.1) is 0 Å². The molecule has 5 heavy (non-hydrogen) atoms. The van der Waals surface area contributed by atoms with Gasteiger partial charge in [-0.1, -0.05) is 0 Å². The van der Waals surface area contributed by atoms with E-state index in [1.54, 1.807) is 0 Å². The number of hydrogen-bond donors (Lipinski definition) is 0. The fourth-order valence-electron chi connectivity index (χ4n) is 0. The molecule has 0 aliphatic heterocycles. The molecule has 0 aromatic heterocycles. The van der Waals surface area contributed by atoms with Gasteiger partial charge in [-0.2, -0.15) is 0 Å². The van der Waals surface area contributed by atoms with Crippen LogP contribution in [0, 0.1) is 0 Å². The quantitative estimate of drug-likeness (QED) is 0.480. The first-order valence-electron chi connectivity index (χ1n) is 0. The summed E-state index contributed by atoms with van der Waals surface area (Å²) in [4.78, 5) is 0. The number of rotatable bonds is 0. The molecule has 0 rings (SSSR count). The van der Waals surface area contributed by atoms with Gasteiger partial charge in [-0.25, -0.2) is 0 Å². The smallest absolute Gasteiger partial charge is 2.00 e. The standard InChI is InChI=1S/2Al.3Co/q2*-3;3*+2. The zero-order chi connectivity index (χ0) is 0. The molecule has 0 aromatic rings. The van der Waals surface area contributed by atoms with Crippen molar-refractivity contribution in [1.29, 1.82) is 0 Å². The zero-order valence-corrected chi connectivity index (χ0v) is 7.59. The second kappa shape index (κ2) is 30.7. The van der Waals surface area contributed by atoms with Crippen LogP contribution in [0.3, 0.4) is 0 Å². The summed E-state index contributed by atoms with van der Waals surface area (Å²) in [5.74, 6) is 0. The Morgan fingerprint density at radius 3 is 0.400 bits per heavy atom. The summed E-state index contributed by atoms with van der Waals surface area (Å²) in [6, 6.07) is 0. The van der Waals surface area contributed by atoms with E-state index in [9.17, 15) is 0 Å². The van der Waals surface area contributed by atoms with E-state index in [0.717, 1.165) is 0 Å². The first-order valence-corrected chi connectivity index (χ1v) is 0. The van der Waals surface area contributed by atoms with E-state index in [1.807, 2.05) is 0 Å². The first-order chi connectivity index (χ1) is 0. The molecule has 0 fully saturated rings. The molecule has 0 N–H and O–H groups in total. The van der Waals surface area contributed by atoms with Crippen molar-refractivity contribution < 1.29 is 50.3 Å². The van der Waals surface area contributed by atoms with Gasteiger partial charge in [0.2, 0.25) is 0 Å². The molecule has 0 heterocycles. The maximum Gasteiger partial charge on any atom is 2.00 e. The van der Waals surface area contributed by atoms with Gasteiger partial charge in [0.1, 0.15) is 0 Å². The summed E-state index contributed by atoms with van der Waals surface area (Å²) in [5, 5.41) is 0. The predicted molar refractivity (Wildman–Crippen MR) is 11.5 cm³/mol. The Kier molecular flexibility index (Phi) is 303. The van der Waals surface area contributed by atoms with Gasteiger partial charge in [-0.15, -0.1) is 0 Å². The van der Waals surface area contributed by atoms with Gasteiger partial charge in [-0.05, 0) is 0 Å². The van der Waals surface area contributed by atoms with Gasteiger partial charge in [0.15, 0.2) is 0 Å². The van der Waals surface area contributed by atoms with Crippen molar-refractivity contribution >= 4 is 34.7 Å². The van der Waals surface area contributed by atoms with Crippen molar-refractivity contribution in [3.8, 4) is 0 Å². The molecule has 0 saturated carbocycles. The largest absolute Gasteiger partial charge is 3.00 e. The van der Waals surface area contributed by atoms with Crippen LogP contribution in [-0.4, -0.2) is 34.7 Å². The summed E-state index contributed by atoms with van der Waals surface area (Å²) in [7, 11) is 0. The van der Waals surface area contributed by atoms with E-state index in [-0.39, 0.29) is 85.1 Å². The topological polar surface area (TPSA) is 0 Å². The van der Waals surface area contributed by atoms with Crippen LogP contribution in [-0.2, 0) is 50.3 Å². The molecule has 0 saturated heterocycles. The molecule has 0 aromatic carbocycles. The third-order valence-electron chi connectivity index (χ3n) is 0. The van der Waals surface area contributed by atoms with Crippen molar-refractivity contribution in [2.24, 2.45) is 0 Å². The minimum atomic E-state index is 0. The van der Waals surface area contributed by atoms with Crippen LogP contribution in [0.25, 0.3) is 0 Å². The molecule has 0 aliphatic carbocycles. The molecular weight excluding hydrogens is 231 g/mol. The molecule has 0 aliphatic rings. The molecule has 0 spiro atoms. The molecule has 0 atom stereocenters. The number of hydrogen-bond acceptors (Lipinski definition) is 0. The van der Waals surface area contributed by atoms with Gasteiger partial charge in [0, 0.05) is 0 Å². The van der Waals surface area contributed by atoms with Crippen molar-refractivity contribution in [3.63, 3.8) is 0 Å². The van der Waals surface area contributed by atoms with Gasteiger partial charge >= 0.3 is 50.3 Å². The summed E-state index contributed by atoms with van der Waals surface area (Å²) in [6.07, 6.45) is 0. The Labute approximate surface area is 84.1 Å². The minimum absolute atomic E-state index is 0. The summed E-state index contributed by atoms with van der Waals surface area (Å²) < 4.78 is 0. The maximum absolute atomic E-state index is 0. The monoisotopic (exact) mass is 231 g/mol. The van der Waals surface area contributed by atoms with Crippen LogP contribution >= 0.6 is 0 Å². The third kappa shape index (κ3) is 20.7. The summed E-state index contributed by atoms with van der Waals surface area (Å²) in [5.41, 5.74) is 0. The normalized spacial score (nSPS) is 0. The SMILES string of the molecule is [Al-3].[Al-3].[Co+2].[Co+2].[Co+2]. The van der Waals surface area contributed by atoms with Crippen LogP contribution in [0.1, 0.15) is 0 Å². The zero-order valence-electron chi connectivity index (χ0n) is 2.15. The fraction of sp³-hybridized carbons (Fsp3) is 0. The van der Waals surface area contributed by atoms with E-state index in [4.69, 9.17) is 0 Å². The molecule has 5 heteroatoms. The minimum Gasteiger partial charge on any atom is -3.00 e. The molecule has 0 unspecified atom stereocenters. The van der Waals surface area contributed by atoms with Crippen molar-refractivity contribution in [2.75, 3.05) is 0 Å². The summed E-state index contributed by atoms with van der Waals surface area (Å²) in [6.45, 7) is 0. The van der Waals surface area contributed by atoms with E-state index in [2.05, 4.69) is 0 Å². The molecule has 33 valence electrons. The van der Waals surface area contributed by atoms with Crippen LogP contribution in [0.2, 0.25) is 0 Å². The van der Waals surface area contributed by atoms with Crippen LogP contribution in [0.4, 0.5) is 0 Å². The second-order valence-corrected chi connectivity index (χ2v) is 0.